The summed E-state index contributed by atoms with van der Waals surface area (Å²) in [5, 5.41) is 11.7. The van der Waals surface area contributed by atoms with Gasteiger partial charge in [0, 0.05) is 16.6 Å². The van der Waals surface area contributed by atoms with Gasteiger partial charge in [-0.2, -0.15) is 0 Å². The molecule has 0 saturated carbocycles. The summed E-state index contributed by atoms with van der Waals surface area (Å²) in [4.78, 5) is 10.9. The van der Waals surface area contributed by atoms with Crippen LogP contribution in [0.4, 0.5) is 4.39 Å². The first-order valence-corrected chi connectivity index (χ1v) is 5.18. The van der Waals surface area contributed by atoms with Crippen molar-refractivity contribution >= 4 is 21.9 Å². The number of hydrogen-bond acceptors (Lipinski definition) is 2. The SMILES string of the molecule is CNCC(C(=O)O)c1cc(Br)ccc1F. The van der Waals surface area contributed by atoms with Gasteiger partial charge in [0.1, 0.15) is 5.82 Å². The molecule has 0 spiro atoms. The average Bonchev–Trinajstić information content (AvgIpc) is 2.18. The maximum Gasteiger partial charge on any atom is 0.312 e. The number of hydrogen-bond donors (Lipinski definition) is 2. The first-order chi connectivity index (χ1) is 7.06. The van der Waals surface area contributed by atoms with E-state index in [0.717, 1.165) is 0 Å². The van der Waals surface area contributed by atoms with Crippen molar-refractivity contribution in [1.82, 2.24) is 5.32 Å². The van der Waals surface area contributed by atoms with Gasteiger partial charge in [0.15, 0.2) is 0 Å². The molecule has 3 nitrogen and oxygen atoms in total. The van der Waals surface area contributed by atoms with Crippen molar-refractivity contribution in [3.63, 3.8) is 0 Å². The lowest BCUT2D eigenvalue weighted by Crippen LogP contribution is -2.24. The van der Waals surface area contributed by atoms with E-state index in [4.69, 9.17) is 5.11 Å². The van der Waals surface area contributed by atoms with Gasteiger partial charge in [0.05, 0.1) is 5.92 Å². The fourth-order valence-electron chi connectivity index (χ4n) is 1.32. The summed E-state index contributed by atoms with van der Waals surface area (Å²) in [5.74, 6) is -2.41. The number of likely N-dealkylation sites (N-methyl/N-ethyl adjacent to an activating group) is 1. The number of halogens is 2. The summed E-state index contributed by atoms with van der Waals surface area (Å²) in [6.07, 6.45) is 0. The summed E-state index contributed by atoms with van der Waals surface area (Å²) in [7, 11) is 1.63. The van der Waals surface area contributed by atoms with Crippen molar-refractivity contribution in [2.75, 3.05) is 13.6 Å². The standard InChI is InChI=1S/C10H11BrFNO2/c1-13-5-8(10(14)15)7-4-6(11)2-3-9(7)12/h2-4,8,13H,5H2,1H3,(H,14,15). The van der Waals surface area contributed by atoms with Crippen LogP contribution in [0.15, 0.2) is 22.7 Å². The second-order valence-corrected chi connectivity index (χ2v) is 4.03. The largest absolute Gasteiger partial charge is 0.481 e. The van der Waals surface area contributed by atoms with Gasteiger partial charge >= 0.3 is 5.97 Å². The normalized spacial score (nSPS) is 12.5. The molecule has 82 valence electrons. The van der Waals surface area contributed by atoms with E-state index >= 15 is 0 Å². The lowest BCUT2D eigenvalue weighted by atomic mass is 9.99. The highest BCUT2D eigenvalue weighted by Crippen LogP contribution is 2.23. The highest BCUT2D eigenvalue weighted by atomic mass is 79.9. The van der Waals surface area contributed by atoms with Crippen LogP contribution in [0.5, 0.6) is 0 Å². The number of aliphatic carboxylic acids is 1. The van der Waals surface area contributed by atoms with E-state index < -0.39 is 17.7 Å². The minimum absolute atomic E-state index is 0.186. The smallest absolute Gasteiger partial charge is 0.312 e. The van der Waals surface area contributed by atoms with E-state index in [1.807, 2.05) is 0 Å². The molecule has 0 bridgehead atoms. The van der Waals surface area contributed by atoms with Gasteiger partial charge in [0.25, 0.3) is 0 Å². The molecule has 0 fully saturated rings. The maximum atomic E-state index is 13.4. The maximum absolute atomic E-state index is 13.4. The van der Waals surface area contributed by atoms with Gasteiger partial charge in [0.2, 0.25) is 0 Å². The third-order valence-corrected chi connectivity index (χ3v) is 2.53. The van der Waals surface area contributed by atoms with E-state index in [1.165, 1.54) is 18.2 Å². The van der Waals surface area contributed by atoms with Crippen LogP contribution in [-0.2, 0) is 4.79 Å². The van der Waals surface area contributed by atoms with Crippen LogP contribution < -0.4 is 5.32 Å². The molecule has 1 unspecified atom stereocenters. The molecular formula is C10H11BrFNO2. The van der Waals surface area contributed by atoms with Gasteiger partial charge in [-0.3, -0.25) is 4.79 Å². The molecule has 15 heavy (non-hydrogen) atoms. The summed E-state index contributed by atoms with van der Waals surface area (Å²) in [6, 6.07) is 4.29. The van der Waals surface area contributed by atoms with Crippen molar-refractivity contribution in [2.45, 2.75) is 5.92 Å². The molecule has 0 aromatic heterocycles. The van der Waals surface area contributed by atoms with Crippen LogP contribution in [0.1, 0.15) is 11.5 Å². The van der Waals surface area contributed by atoms with Crippen LogP contribution in [0.2, 0.25) is 0 Å². The zero-order valence-corrected chi connectivity index (χ0v) is 9.71. The van der Waals surface area contributed by atoms with Gasteiger partial charge in [-0.15, -0.1) is 0 Å². The Kier molecular flexibility index (Phi) is 4.23. The van der Waals surface area contributed by atoms with E-state index in [1.54, 1.807) is 7.05 Å². The highest BCUT2D eigenvalue weighted by Gasteiger charge is 2.22. The average molecular weight is 276 g/mol. The monoisotopic (exact) mass is 275 g/mol. The third-order valence-electron chi connectivity index (χ3n) is 2.04. The Morgan fingerprint density at radius 2 is 2.33 bits per heavy atom. The van der Waals surface area contributed by atoms with Crippen LogP contribution in [0, 0.1) is 5.82 Å². The van der Waals surface area contributed by atoms with Crippen molar-refractivity contribution in [3.8, 4) is 0 Å². The highest BCUT2D eigenvalue weighted by molar-refractivity contribution is 9.10. The molecule has 0 aliphatic carbocycles. The van der Waals surface area contributed by atoms with E-state index in [0.29, 0.717) is 4.47 Å². The van der Waals surface area contributed by atoms with Crippen LogP contribution >= 0.6 is 15.9 Å². The Balaban J connectivity index is 3.09. The molecule has 0 radical (unpaired) electrons. The Labute approximate surface area is 95.4 Å². The lowest BCUT2D eigenvalue weighted by molar-refractivity contribution is -0.138. The fraction of sp³-hybridized carbons (Fsp3) is 0.300. The van der Waals surface area contributed by atoms with Gasteiger partial charge in [-0.05, 0) is 25.2 Å². The van der Waals surface area contributed by atoms with Gasteiger partial charge < -0.3 is 10.4 Å². The molecule has 0 aliphatic rings. The number of carbonyl (C=O) groups is 1. The summed E-state index contributed by atoms with van der Waals surface area (Å²) < 4.78 is 14.1. The number of rotatable bonds is 4. The molecule has 0 heterocycles. The second-order valence-electron chi connectivity index (χ2n) is 3.11. The third kappa shape index (κ3) is 3.00. The number of carboxylic acids is 1. The lowest BCUT2D eigenvalue weighted by Gasteiger charge is -2.13. The first kappa shape index (κ1) is 12.1. The van der Waals surface area contributed by atoms with Crippen LogP contribution in [0.25, 0.3) is 0 Å². The molecular weight excluding hydrogens is 265 g/mol. The number of benzene rings is 1. The summed E-state index contributed by atoms with van der Waals surface area (Å²) >= 11 is 3.18. The zero-order valence-electron chi connectivity index (χ0n) is 8.13. The number of nitrogens with one attached hydrogen (secondary N) is 1. The van der Waals surface area contributed by atoms with Crippen molar-refractivity contribution in [1.29, 1.82) is 0 Å². The van der Waals surface area contributed by atoms with Gasteiger partial charge in [-0.25, -0.2) is 4.39 Å². The fourth-order valence-corrected chi connectivity index (χ4v) is 1.69. The van der Waals surface area contributed by atoms with E-state index in [2.05, 4.69) is 21.2 Å². The Bertz CT molecular complexity index is 370. The minimum atomic E-state index is -1.04. The molecule has 0 saturated heterocycles. The predicted molar refractivity (Wildman–Crippen MR) is 58.4 cm³/mol. The van der Waals surface area contributed by atoms with Crippen LogP contribution in [0.3, 0.4) is 0 Å². The topological polar surface area (TPSA) is 49.3 Å². The predicted octanol–water partition coefficient (Wildman–Crippen LogP) is 1.98. The molecule has 5 heteroatoms. The Morgan fingerprint density at radius 1 is 1.67 bits per heavy atom. The molecule has 1 rings (SSSR count). The van der Waals surface area contributed by atoms with Crippen molar-refractivity contribution in [3.05, 3.63) is 34.1 Å². The summed E-state index contributed by atoms with van der Waals surface area (Å²) in [5.41, 5.74) is 0.186. The quantitative estimate of drug-likeness (QED) is 0.884. The molecule has 1 atom stereocenters. The van der Waals surface area contributed by atoms with E-state index in [9.17, 15) is 9.18 Å². The van der Waals surface area contributed by atoms with Crippen molar-refractivity contribution in [2.24, 2.45) is 0 Å². The summed E-state index contributed by atoms with van der Waals surface area (Å²) in [6.45, 7) is 0.197. The van der Waals surface area contributed by atoms with Crippen molar-refractivity contribution < 1.29 is 14.3 Å². The van der Waals surface area contributed by atoms with E-state index in [-0.39, 0.29) is 12.1 Å². The molecule has 2 N–H and O–H groups in total. The number of carboxylic acid groups (broad SMARTS) is 1. The minimum Gasteiger partial charge on any atom is -0.481 e. The van der Waals surface area contributed by atoms with Gasteiger partial charge in [-0.1, -0.05) is 15.9 Å². The second kappa shape index (κ2) is 5.23. The molecule has 1 aromatic rings. The molecule has 0 aliphatic heterocycles. The Morgan fingerprint density at radius 3 is 2.87 bits per heavy atom. The Hall–Kier alpha value is -0.940. The first-order valence-electron chi connectivity index (χ1n) is 4.38. The zero-order chi connectivity index (χ0) is 11.4. The molecule has 0 amide bonds. The molecule has 1 aromatic carbocycles. The van der Waals surface area contributed by atoms with Crippen LogP contribution in [-0.4, -0.2) is 24.7 Å².